The van der Waals surface area contributed by atoms with Gasteiger partial charge in [0.05, 0.1) is 11.9 Å². The third kappa shape index (κ3) is 1.99. The van der Waals surface area contributed by atoms with Gasteiger partial charge in [-0.2, -0.15) is 0 Å². The van der Waals surface area contributed by atoms with Gasteiger partial charge in [-0.15, -0.1) is 0 Å². The average Bonchev–Trinajstić information content (AvgIpc) is 2.48. The quantitative estimate of drug-likeness (QED) is 0.473. The Bertz CT molecular complexity index is 464. The number of aliphatic imine (C=N–C) groups is 1. The lowest BCUT2D eigenvalue weighted by molar-refractivity contribution is 0.322. The summed E-state index contributed by atoms with van der Waals surface area (Å²) in [6, 6.07) is 3.80. The number of hydrogen-bond acceptors (Lipinski definition) is 3. The van der Waals surface area contributed by atoms with E-state index >= 15 is 0 Å². The van der Waals surface area contributed by atoms with E-state index in [0.717, 1.165) is 27.7 Å². The van der Waals surface area contributed by atoms with Gasteiger partial charge in [-0.1, -0.05) is 27.2 Å². The summed E-state index contributed by atoms with van der Waals surface area (Å²) >= 11 is 3.49. The molecule has 3 nitrogen and oxygen atoms in total. The summed E-state index contributed by atoms with van der Waals surface area (Å²) in [6.07, 6.45) is 7.91. The van der Waals surface area contributed by atoms with Crippen LogP contribution in [0.5, 0.6) is 0 Å². The molecule has 0 amide bonds. The first kappa shape index (κ1) is 10.1. The van der Waals surface area contributed by atoms with Crippen molar-refractivity contribution in [2.45, 2.75) is 6.42 Å². The largest absolute Gasteiger partial charge is 0.411 e. The molecule has 15 heavy (non-hydrogen) atoms. The SMILES string of the molecule is O/N=C/c1ccc(Br)c2c1N=CC=CC2. The molecule has 0 radical (unpaired) electrons. The number of nitrogens with zero attached hydrogens (tertiary/aromatic N) is 2. The van der Waals surface area contributed by atoms with Crippen LogP contribution < -0.4 is 0 Å². The fourth-order valence-corrected chi connectivity index (χ4v) is 1.99. The second-order valence-corrected chi connectivity index (χ2v) is 3.97. The maximum absolute atomic E-state index is 8.55. The van der Waals surface area contributed by atoms with Crippen molar-refractivity contribution in [3.05, 3.63) is 39.9 Å². The Morgan fingerprint density at radius 2 is 2.33 bits per heavy atom. The Labute approximate surface area is 96.0 Å². The highest BCUT2D eigenvalue weighted by molar-refractivity contribution is 9.10. The third-order valence-corrected chi connectivity index (χ3v) is 2.94. The minimum Gasteiger partial charge on any atom is -0.411 e. The summed E-state index contributed by atoms with van der Waals surface area (Å²) in [5.74, 6) is 0. The molecule has 2 rings (SSSR count). The van der Waals surface area contributed by atoms with Crippen molar-refractivity contribution < 1.29 is 5.21 Å². The molecule has 4 heteroatoms. The number of hydrogen-bond donors (Lipinski definition) is 1. The van der Waals surface area contributed by atoms with E-state index in [-0.39, 0.29) is 0 Å². The molecule has 0 unspecified atom stereocenters. The highest BCUT2D eigenvalue weighted by atomic mass is 79.9. The molecule has 76 valence electrons. The Kier molecular flexibility index (Phi) is 2.97. The van der Waals surface area contributed by atoms with Crippen LogP contribution in [0.2, 0.25) is 0 Å². The molecule has 0 saturated carbocycles. The maximum atomic E-state index is 8.55. The second kappa shape index (κ2) is 4.40. The first-order valence-electron chi connectivity index (χ1n) is 4.51. The monoisotopic (exact) mass is 264 g/mol. The maximum Gasteiger partial charge on any atom is 0.0765 e. The van der Waals surface area contributed by atoms with Gasteiger partial charge in [0.15, 0.2) is 0 Å². The number of rotatable bonds is 1. The van der Waals surface area contributed by atoms with Gasteiger partial charge >= 0.3 is 0 Å². The van der Waals surface area contributed by atoms with Gasteiger partial charge in [-0.3, -0.25) is 4.99 Å². The smallest absolute Gasteiger partial charge is 0.0765 e. The molecule has 1 aromatic rings. The lowest BCUT2D eigenvalue weighted by atomic mass is 10.1. The predicted octanol–water partition coefficient (Wildman–Crippen LogP) is 3.07. The van der Waals surface area contributed by atoms with E-state index in [1.807, 2.05) is 24.3 Å². The normalized spacial score (nSPS) is 14.2. The lowest BCUT2D eigenvalue weighted by Crippen LogP contribution is -1.90. The summed E-state index contributed by atoms with van der Waals surface area (Å²) < 4.78 is 1.02. The summed E-state index contributed by atoms with van der Waals surface area (Å²) in [5.41, 5.74) is 2.78. The fraction of sp³-hybridized carbons (Fsp3) is 0.0909. The van der Waals surface area contributed by atoms with Crippen LogP contribution in [0.1, 0.15) is 11.1 Å². The summed E-state index contributed by atoms with van der Waals surface area (Å²) in [6.45, 7) is 0. The van der Waals surface area contributed by atoms with E-state index in [2.05, 4.69) is 26.1 Å². The van der Waals surface area contributed by atoms with Crippen LogP contribution in [0.3, 0.4) is 0 Å². The zero-order valence-corrected chi connectivity index (χ0v) is 9.48. The van der Waals surface area contributed by atoms with E-state index in [1.54, 1.807) is 6.21 Å². The Balaban J connectivity index is 2.63. The molecule has 0 aromatic heterocycles. The first-order chi connectivity index (χ1) is 7.33. The van der Waals surface area contributed by atoms with Gasteiger partial charge in [0.1, 0.15) is 0 Å². The molecule has 0 saturated heterocycles. The van der Waals surface area contributed by atoms with Gasteiger partial charge in [0.25, 0.3) is 0 Å². The lowest BCUT2D eigenvalue weighted by Gasteiger charge is -2.07. The van der Waals surface area contributed by atoms with Crippen molar-refractivity contribution in [1.82, 2.24) is 0 Å². The van der Waals surface area contributed by atoms with E-state index in [4.69, 9.17) is 5.21 Å². The fourth-order valence-electron chi connectivity index (χ4n) is 1.51. The zero-order chi connectivity index (χ0) is 10.7. The molecule has 0 aliphatic carbocycles. The van der Waals surface area contributed by atoms with Crippen molar-refractivity contribution in [1.29, 1.82) is 0 Å². The molecule has 1 N–H and O–H groups in total. The topological polar surface area (TPSA) is 45.0 Å². The van der Waals surface area contributed by atoms with E-state index in [9.17, 15) is 0 Å². The van der Waals surface area contributed by atoms with Crippen LogP contribution in [0.15, 0.2) is 38.9 Å². The highest BCUT2D eigenvalue weighted by Gasteiger charge is 2.10. The summed E-state index contributed by atoms with van der Waals surface area (Å²) in [5, 5.41) is 11.6. The zero-order valence-electron chi connectivity index (χ0n) is 7.89. The Hall–Kier alpha value is -1.42. The minimum absolute atomic E-state index is 0.815. The van der Waals surface area contributed by atoms with Crippen LogP contribution in [0, 0.1) is 0 Å². The molecular formula is C11H9BrN2O. The second-order valence-electron chi connectivity index (χ2n) is 3.12. The number of fused-ring (bicyclic) bond motifs is 1. The van der Waals surface area contributed by atoms with Crippen molar-refractivity contribution in [3.63, 3.8) is 0 Å². The van der Waals surface area contributed by atoms with E-state index in [0.29, 0.717) is 0 Å². The predicted molar refractivity (Wildman–Crippen MR) is 64.5 cm³/mol. The van der Waals surface area contributed by atoms with Crippen molar-refractivity contribution >= 4 is 34.0 Å². The van der Waals surface area contributed by atoms with Gasteiger partial charge in [-0.05, 0) is 30.2 Å². The van der Waals surface area contributed by atoms with E-state index in [1.165, 1.54) is 6.21 Å². The third-order valence-electron chi connectivity index (χ3n) is 2.20. The number of allylic oxidation sites excluding steroid dienone is 2. The highest BCUT2D eigenvalue weighted by Crippen LogP contribution is 2.31. The van der Waals surface area contributed by atoms with Gasteiger partial charge in [0, 0.05) is 16.3 Å². The Morgan fingerprint density at radius 1 is 1.47 bits per heavy atom. The molecule has 1 aliphatic heterocycles. The van der Waals surface area contributed by atoms with Gasteiger partial charge < -0.3 is 5.21 Å². The molecule has 0 fully saturated rings. The molecule has 1 aromatic carbocycles. The minimum atomic E-state index is 0.815. The average molecular weight is 265 g/mol. The Morgan fingerprint density at radius 3 is 3.13 bits per heavy atom. The van der Waals surface area contributed by atoms with Crippen LogP contribution >= 0.6 is 15.9 Å². The van der Waals surface area contributed by atoms with Crippen LogP contribution in [-0.2, 0) is 6.42 Å². The van der Waals surface area contributed by atoms with Crippen molar-refractivity contribution in [2.75, 3.05) is 0 Å². The van der Waals surface area contributed by atoms with Crippen LogP contribution in [0.4, 0.5) is 5.69 Å². The molecule has 0 spiro atoms. The molecule has 1 heterocycles. The molecular weight excluding hydrogens is 256 g/mol. The number of halogens is 1. The molecule has 0 atom stereocenters. The van der Waals surface area contributed by atoms with Crippen molar-refractivity contribution in [3.8, 4) is 0 Å². The van der Waals surface area contributed by atoms with Crippen LogP contribution in [0.25, 0.3) is 0 Å². The number of benzene rings is 1. The standard InChI is InChI=1S/C11H9BrN2O/c12-10-5-4-8(7-14-15)11-9(10)3-1-2-6-13-11/h1-2,4-7,15H,3H2/b14-7+. The molecule has 0 bridgehead atoms. The van der Waals surface area contributed by atoms with Crippen LogP contribution in [-0.4, -0.2) is 17.6 Å². The van der Waals surface area contributed by atoms with E-state index < -0.39 is 0 Å². The first-order valence-corrected chi connectivity index (χ1v) is 5.30. The van der Waals surface area contributed by atoms with Gasteiger partial charge in [0.2, 0.25) is 0 Å². The number of oxime groups is 1. The molecule has 1 aliphatic rings. The summed E-state index contributed by atoms with van der Waals surface area (Å²) in [4.78, 5) is 4.32. The van der Waals surface area contributed by atoms with Gasteiger partial charge in [-0.25, -0.2) is 0 Å². The van der Waals surface area contributed by atoms with Crippen molar-refractivity contribution in [2.24, 2.45) is 10.1 Å². The summed E-state index contributed by atoms with van der Waals surface area (Å²) in [7, 11) is 0.